The van der Waals surface area contributed by atoms with Gasteiger partial charge in [-0.05, 0) is 54.4 Å². The van der Waals surface area contributed by atoms with Crippen molar-refractivity contribution in [1.29, 1.82) is 0 Å². The van der Waals surface area contributed by atoms with Crippen LogP contribution in [0.1, 0.15) is 27.6 Å². The number of carbonyl (C=O) groups excluding carboxylic acids is 1. The number of anilines is 1. The highest BCUT2D eigenvalue weighted by Crippen LogP contribution is 2.34. The fourth-order valence-electron chi connectivity index (χ4n) is 2.88. The van der Waals surface area contributed by atoms with Crippen LogP contribution in [0, 0.1) is 5.82 Å². The molecule has 2 N–H and O–H groups in total. The van der Waals surface area contributed by atoms with E-state index in [0.29, 0.717) is 23.5 Å². The number of carbonyl (C=O) groups is 2. The molecule has 3 aromatic carbocycles. The van der Waals surface area contributed by atoms with Crippen LogP contribution >= 0.6 is 34.8 Å². The Balaban J connectivity index is 1.95. The van der Waals surface area contributed by atoms with Crippen molar-refractivity contribution in [3.05, 3.63) is 80.5 Å². The molecule has 0 radical (unpaired) electrons. The molecule has 0 heterocycles. The number of halogens is 4. The largest absolute Gasteiger partial charge is 0.494 e. The van der Waals surface area contributed by atoms with Gasteiger partial charge in [0, 0.05) is 0 Å². The lowest BCUT2D eigenvalue weighted by atomic mass is 10.0. The van der Waals surface area contributed by atoms with Crippen LogP contribution in [-0.4, -0.2) is 23.6 Å². The van der Waals surface area contributed by atoms with Crippen molar-refractivity contribution in [3.63, 3.8) is 0 Å². The van der Waals surface area contributed by atoms with E-state index in [1.54, 1.807) is 24.3 Å². The number of aromatic carboxylic acids is 1. The van der Waals surface area contributed by atoms with Crippen molar-refractivity contribution in [2.24, 2.45) is 0 Å². The van der Waals surface area contributed by atoms with E-state index in [-0.39, 0.29) is 31.9 Å². The summed E-state index contributed by atoms with van der Waals surface area (Å²) in [5.41, 5.74) is 0.183. The zero-order valence-corrected chi connectivity index (χ0v) is 18.3. The van der Waals surface area contributed by atoms with E-state index in [9.17, 15) is 19.1 Å². The van der Waals surface area contributed by atoms with Gasteiger partial charge in [-0.2, -0.15) is 0 Å². The van der Waals surface area contributed by atoms with Crippen LogP contribution in [0.2, 0.25) is 15.1 Å². The van der Waals surface area contributed by atoms with Crippen molar-refractivity contribution >= 4 is 52.4 Å². The molecule has 0 bridgehead atoms. The number of ether oxygens (including phenoxy) is 1. The van der Waals surface area contributed by atoms with Gasteiger partial charge >= 0.3 is 5.97 Å². The fraction of sp³-hybridized carbons (Fsp3) is 0.0909. The van der Waals surface area contributed by atoms with E-state index >= 15 is 0 Å². The number of carboxylic acids is 1. The predicted octanol–water partition coefficient (Wildman–Crippen LogP) is 6.80. The maximum atomic E-state index is 14.8. The third-order valence-electron chi connectivity index (χ3n) is 4.29. The fourth-order valence-corrected chi connectivity index (χ4v) is 3.47. The van der Waals surface area contributed by atoms with Gasteiger partial charge in [-0.25, -0.2) is 9.18 Å². The minimum Gasteiger partial charge on any atom is -0.494 e. The van der Waals surface area contributed by atoms with Crippen molar-refractivity contribution < 1.29 is 23.8 Å². The van der Waals surface area contributed by atoms with E-state index in [2.05, 4.69) is 5.32 Å². The highest BCUT2D eigenvalue weighted by molar-refractivity contribution is 6.42. The second-order valence-corrected chi connectivity index (χ2v) is 7.57. The lowest BCUT2D eigenvalue weighted by Gasteiger charge is -2.13. The third kappa shape index (κ3) is 5.10. The van der Waals surface area contributed by atoms with Gasteiger partial charge in [0.1, 0.15) is 11.6 Å². The molecule has 0 fully saturated rings. The molecular formula is C22H15Cl3FNO4. The van der Waals surface area contributed by atoms with Crippen LogP contribution in [0.4, 0.5) is 10.1 Å². The normalized spacial score (nSPS) is 10.6. The van der Waals surface area contributed by atoms with Gasteiger partial charge in [-0.1, -0.05) is 46.9 Å². The van der Waals surface area contributed by atoms with Crippen LogP contribution in [0.15, 0.2) is 48.5 Å². The predicted molar refractivity (Wildman–Crippen MR) is 119 cm³/mol. The summed E-state index contributed by atoms with van der Waals surface area (Å²) < 4.78 is 20.3. The summed E-state index contributed by atoms with van der Waals surface area (Å²) in [6.07, 6.45) is 0. The molecule has 0 atom stereocenters. The summed E-state index contributed by atoms with van der Waals surface area (Å²) in [7, 11) is 0. The molecule has 0 aliphatic carbocycles. The smallest absolute Gasteiger partial charge is 0.336 e. The molecule has 0 unspecified atom stereocenters. The monoisotopic (exact) mass is 481 g/mol. The van der Waals surface area contributed by atoms with E-state index in [1.807, 2.05) is 6.92 Å². The standard InChI is InChI=1S/C22H15Cl3FNO4/c1-2-31-13-5-3-4-11(6-13)12-7-18(25)20(19(26)8-12)27-21(28)14-9-16(23)17(24)10-15(14)22(29)30/h3-10H,2H2,1H3,(H,27,28)(H,29,30). The third-order valence-corrected chi connectivity index (χ3v) is 5.31. The Kier molecular flexibility index (Phi) is 7.05. The van der Waals surface area contributed by atoms with Gasteiger partial charge in [0.25, 0.3) is 5.91 Å². The molecule has 3 rings (SSSR count). The average Bonchev–Trinajstić information content (AvgIpc) is 2.72. The molecule has 0 saturated carbocycles. The quantitative estimate of drug-likeness (QED) is 0.405. The molecule has 0 spiro atoms. The molecule has 0 aliphatic rings. The molecule has 31 heavy (non-hydrogen) atoms. The van der Waals surface area contributed by atoms with Crippen molar-refractivity contribution in [2.45, 2.75) is 6.92 Å². The Morgan fingerprint density at radius 2 is 1.65 bits per heavy atom. The lowest BCUT2D eigenvalue weighted by Crippen LogP contribution is -2.17. The summed E-state index contributed by atoms with van der Waals surface area (Å²) in [5, 5.41) is 11.5. The average molecular weight is 483 g/mol. The number of benzene rings is 3. The first-order chi connectivity index (χ1) is 14.7. The molecule has 3 aromatic rings. The first kappa shape index (κ1) is 22.9. The SMILES string of the molecule is CCOc1cccc(-c2cc(F)c(NC(=O)c3cc(Cl)c(Cl)cc3C(=O)O)c(Cl)c2)c1. The molecule has 5 nitrogen and oxygen atoms in total. The first-order valence-corrected chi connectivity index (χ1v) is 10.1. The van der Waals surface area contributed by atoms with Crippen LogP contribution in [-0.2, 0) is 0 Å². The van der Waals surface area contributed by atoms with E-state index in [0.717, 1.165) is 12.1 Å². The summed E-state index contributed by atoms with van der Waals surface area (Å²) in [4.78, 5) is 24.1. The van der Waals surface area contributed by atoms with Gasteiger partial charge in [0.15, 0.2) is 0 Å². The maximum absolute atomic E-state index is 14.8. The Morgan fingerprint density at radius 3 is 2.26 bits per heavy atom. The minimum absolute atomic E-state index is 0.0205. The molecule has 9 heteroatoms. The van der Waals surface area contributed by atoms with E-state index < -0.39 is 17.7 Å². The molecule has 0 aromatic heterocycles. The highest BCUT2D eigenvalue weighted by atomic mass is 35.5. The van der Waals surface area contributed by atoms with E-state index in [1.165, 1.54) is 12.1 Å². The maximum Gasteiger partial charge on any atom is 0.336 e. The number of hydrogen-bond acceptors (Lipinski definition) is 3. The molecule has 0 saturated heterocycles. The second-order valence-electron chi connectivity index (χ2n) is 6.35. The number of nitrogens with one attached hydrogen (secondary N) is 1. The topological polar surface area (TPSA) is 75.6 Å². The van der Waals surface area contributed by atoms with Gasteiger partial charge < -0.3 is 15.2 Å². The van der Waals surface area contributed by atoms with Crippen LogP contribution in [0.5, 0.6) is 5.75 Å². The van der Waals surface area contributed by atoms with Crippen molar-refractivity contribution in [1.82, 2.24) is 0 Å². The summed E-state index contributed by atoms with van der Waals surface area (Å²) >= 11 is 18.0. The molecular weight excluding hydrogens is 468 g/mol. The summed E-state index contributed by atoms with van der Waals surface area (Å²) in [6, 6.07) is 11.9. The number of carboxylic acid groups (broad SMARTS) is 1. The molecule has 0 aliphatic heterocycles. The molecule has 1 amide bonds. The van der Waals surface area contributed by atoms with Crippen LogP contribution in [0.3, 0.4) is 0 Å². The van der Waals surface area contributed by atoms with Crippen LogP contribution < -0.4 is 10.1 Å². The number of amides is 1. The van der Waals surface area contributed by atoms with Gasteiger partial charge in [0.2, 0.25) is 0 Å². The minimum atomic E-state index is -1.39. The number of hydrogen-bond donors (Lipinski definition) is 2. The Labute approximate surface area is 192 Å². The summed E-state index contributed by atoms with van der Waals surface area (Å²) in [6.45, 7) is 2.33. The van der Waals surface area contributed by atoms with Gasteiger partial charge in [0.05, 0.1) is 38.5 Å². The first-order valence-electron chi connectivity index (χ1n) is 8.97. The number of rotatable bonds is 6. The van der Waals surface area contributed by atoms with Gasteiger partial charge in [-0.3, -0.25) is 4.79 Å². The zero-order valence-electron chi connectivity index (χ0n) is 16.0. The Morgan fingerprint density at radius 1 is 0.968 bits per heavy atom. The van der Waals surface area contributed by atoms with Crippen LogP contribution in [0.25, 0.3) is 11.1 Å². The van der Waals surface area contributed by atoms with Gasteiger partial charge in [-0.15, -0.1) is 0 Å². The van der Waals surface area contributed by atoms with Crippen molar-refractivity contribution in [2.75, 3.05) is 11.9 Å². The second kappa shape index (κ2) is 9.56. The highest BCUT2D eigenvalue weighted by Gasteiger charge is 2.21. The zero-order chi connectivity index (χ0) is 22.7. The lowest BCUT2D eigenvalue weighted by molar-refractivity contribution is 0.0692. The van der Waals surface area contributed by atoms with Crippen molar-refractivity contribution in [3.8, 4) is 16.9 Å². The molecule has 160 valence electrons. The summed E-state index contributed by atoms with van der Waals surface area (Å²) in [5.74, 6) is -2.47. The van der Waals surface area contributed by atoms with E-state index in [4.69, 9.17) is 39.5 Å². The Bertz CT molecular complexity index is 1160. The Hall–Kier alpha value is -2.80.